The summed E-state index contributed by atoms with van der Waals surface area (Å²) in [5, 5.41) is 0. The van der Waals surface area contributed by atoms with Crippen LogP contribution in [0.1, 0.15) is 25.7 Å². The molecule has 2 rings (SSSR count). The zero-order valence-corrected chi connectivity index (χ0v) is 9.00. The first-order valence-corrected chi connectivity index (χ1v) is 5.64. The highest BCUT2D eigenvalue weighted by atomic mass is 15.2. The Balaban J connectivity index is 1.72. The number of rotatable bonds is 3. The zero-order chi connectivity index (χ0) is 9.26. The Labute approximate surface area is 81.9 Å². The van der Waals surface area contributed by atoms with Crippen molar-refractivity contribution >= 4 is 0 Å². The molecule has 2 aliphatic rings. The van der Waals surface area contributed by atoms with E-state index in [0.29, 0.717) is 0 Å². The summed E-state index contributed by atoms with van der Waals surface area (Å²) in [5.41, 5.74) is 0. The lowest BCUT2D eigenvalue weighted by Gasteiger charge is -2.35. The van der Waals surface area contributed by atoms with Crippen molar-refractivity contribution in [2.75, 3.05) is 33.7 Å². The van der Waals surface area contributed by atoms with Crippen molar-refractivity contribution in [1.82, 2.24) is 9.80 Å². The Morgan fingerprint density at radius 1 is 1.15 bits per heavy atom. The van der Waals surface area contributed by atoms with Crippen molar-refractivity contribution in [3.63, 3.8) is 0 Å². The molecule has 0 aromatic heterocycles. The molecule has 0 N–H and O–H groups in total. The third kappa shape index (κ3) is 2.68. The second-order valence-corrected chi connectivity index (χ2v) is 4.92. The molecule has 2 nitrogen and oxygen atoms in total. The largest absolute Gasteiger partial charge is 0.306 e. The van der Waals surface area contributed by atoms with Crippen molar-refractivity contribution in [3.05, 3.63) is 0 Å². The summed E-state index contributed by atoms with van der Waals surface area (Å²) in [7, 11) is 4.55. The Morgan fingerprint density at radius 3 is 2.31 bits per heavy atom. The highest BCUT2D eigenvalue weighted by molar-refractivity contribution is 4.82. The van der Waals surface area contributed by atoms with E-state index in [9.17, 15) is 0 Å². The molecule has 13 heavy (non-hydrogen) atoms. The summed E-state index contributed by atoms with van der Waals surface area (Å²) in [5.74, 6) is 1.05. The second-order valence-electron chi connectivity index (χ2n) is 4.92. The Kier molecular flexibility index (Phi) is 2.89. The van der Waals surface area contributed by atoms with Gasteiger partial charge in [-0.25, -0.2) is 0 Å². The number of hydrogen-bond acceptors (Lipinski definition) is 2. The minimum Gasteiger partial charge on any atom is -0.306 e. The molecule has 2 fully saturated rings. The molecule has 1 heterocycles. The fourth-order valence-corrected chi connectivity index (χ4v) is 2.29. The van der Waals surface area contributed by atoms with Crippen LogP contribution < -0.4 is 0 Å². The fraction of sp³-hybridized carbons (Fsp3) is 1.00. The van der Waals surface area contributed by atoms with E-state index >= 15 is 0 Å². The molecule has 0 amide bonds. The van der Waals surface area contributed by atoms with Crippen LogP contribution in [0.2, 0.25) is 0 Å². The molecule has 0 unspecified atom stereocenters. The molecule has 0 atom stereocenters. The van der Waals surface area contributed by atoms with Crippen LogP contribution in [0.25, 0.3) is 0 Å². The Bertz CT molecular complexity index is 157. The Hall–Kier alpha value is -0.0800. The molecule has 0 aromatic rings. The summed E-state index contributed by atoms with van der Waals surface area (Å²) in [6.07, 6.45) is 5.72. The van der Waals surface area contributed by atoms with Gasteiger partial charge in [0.15, 0.2) is 0 Å². The molecule has 1 saturated carbocycles. The van der Waals surface area contributed by atoms with Gasteiger partial charge in [-0.05, 0) is 58.8 Å². The summed E-state index contributed by atoms with van der Waals surface area (Å²) in [4.78, 5) is 5.05. The molecule has 0 spiro atoms. The topological polar surface area (TPSA) is 6.48 Å². The zero-order valence-electron chi connectivity index (χ0n) is 9.00. The van der Waals surface area contributed by atoms with E-state index in [0.717, 1.165) is 12.0 Å². The number of nitrogens with zero attached hydrogens (tertiary/aromatic N) is 2. The maximum Gasteiger partial charge on any atom is 0.0117 e. The maximum atomic E-state index is 2.60. The van der Waals surface area contributed by atoms with Crippen LogP contribution in [0.3, 0.4) is 0 Å². The van der Waals surface area contributed by atoms with Gasteiger partial charge < -0.3 is 9.80 Å². The monoisotopic (exact) mass is 182 g/mol. The standard InChI is InChI=1S/C11H22N2/c1-12-7-5-11(6-8-12)13(2)9-10-3-4-10/h10-11H,3-9H2,1-2H3. The average Bonchev–Trinajstić information content (AvgIpc) is 2.89. The molecule has 1 aliphatic heterocycles. The Morgan fingerprint density at radius 2 is 1.77 bits per heavy atom. The van der Waals surface area contributed by atoms with Gasteiger partial charge in [-0.2, -0.15) is 0 Å². The van der Waals surface area contributed by atoms with Gasteiger partial charge in [0.2, 0.25) is 0 Å². The van der Waals surface area contributed by atoms with E-state index in [4.69, 9.17) is 0 Å². The average molecular weight is 182 g/mol. The van der Waals surface area contributed by atoms with Crippen molar-refractivity contribution in [2.24, 2.45) is 5.92 Å². The minimum atomic E-state index is 0.872. The van der Waals surface area contributed by atoms with Crippen LogP contribution in [-0.4, -0.2) is 49.6 Å². The summed E-state index contributed by atoms with van der Waals surface area (Å²) in [6.45, 7) is 3.94. The van der Waals surface area contributed by atoms with E-state index in [-0.39, 0.29) is 0 Å². The SMILES string of the molecule is CN1CCC(N(C)CC2CC2)CC1. The lowest BCUT2D eigenvalue weighted by molar-refractivity contribution is 0.140. The van der Waals surface area contributed by atoms with Gasteiger partial charge in [0, 0.05) is 12.6 Å². The second kappa shape index (κ2) is 3.97. The van der Waals surface area contributed by atoms with Gasteiger partial charge in [-0.1, -0.05) is 0 Å². The lowest BCUT2D eigenvalue weighted by atomic mass is 10.0. The quantitative estimate of drug-likeness (QED) is 0.651. The molecular weight excluding hydrogens is 160 g/mol. The molecule has 0 aromatic carbocycles. The van der Waals surface area contributed by atoms with Crippen LogP contribution in [0.4, 0.5) is 0 Å². The molecular formula is C11H22N2. The van der Waals surface area contributed by atoms with Crippen LogP contribution in [0.5, 0.6) is 0 Å². The first-order valence-electron chi connectivity index (χ1n) is 5.64. The smallest absolute Gasteiger partial charge is 0.0117 e. The van der Waals surface area contributed by atoms with E-state index in [2.05, 4.69) is 23.9 Å². The predicted octanol–water partition coefficient (Wildman–Crippen LogP) is 1.42. The molecule has 2 heteroatoms. The summed E-state index contributed by atoms with van der Waals surface area (Å²) >= 11 is 0. The number of hydrogen-bond donors (Lipinski definition) is 0. The number of piperidine rings is 1. The third-order valence-corrected chi connectivity index (χ3v) is 3.55. The maximum absolute atomic E-state index is 2.60. The van der Waals surface area contributed by atoms with Crippen LogP contribution in [-0.2, 0) is 0 Å². The van der Waals surface area contributed by atoms with Crippen molar-refractivity contribution in [2.45, 2.75) is 31.7 Å². The van der Waals surface area contributed by atoms with Gasteiger partial charge in [-0.3, -0.25) is 0 Å². The van der Waals surface area contributed by atoms with Crippen molar-refractivity contribution in [3.8, 4) is 0 Å². The number of likely N-dealkylation sites (tertiary alicyclic amines) is 1. The van der Waals surface area contributed by atoms with Crippen molar-refractivity contribution < 1.29 is 0 Å². The molecule has 1 aliphatic carbocycles. The van der Waals surface area contributed by atoms with Crippen LogP contribution >= 0.6 is 0 Å². The van der Waals surface area contributed by atoms with Gasteiger partial charge in [0.25, 0.3) is 0 Å². The molecule has 1 saturated heterocycles. The van der Waals surface area contributed by atoms with E-state index < -0.39 is 0 Å². The van der Waals surface area contributed by atoms with E-state index in [1.165, 1.54) is 45.3 Å². The van der Waals surface area contributed by atoms with Crippen molar-refractivity contribution in [1.29, 1.82) is 0 Å². The first kappa shape index (κ1) is 9.47. The minimum absolute atomic E-state index is 0.872. The first-order chi connectivity index (χ1) is 6.25. The normalized spacial score (nSPS) is 27.0. The molecule has 76 valence electrons. The van der Waals surface area contributed by atoms with E-state index in [1.807, 2.05) is 0 Å². The van der Waals surface area contributed by atoms with Crippen LogP contribution in [0, 0.1) is 5.92 Å². The highest BCUT2D eigenvalue weighted by Gasteiger charge is 2.27. The predicted molar refractivity (Wildman–Crippen MR) is 55.9 cm³/mol. The van der Waals surface area contributed by atoms with Gasteiger partial charge in [-0.15, -0.1) is 0 Å². The fourth-order valence-electron chi connectivity index (χ4n) is 2.29. The summed E-state index contributed by atoms with van der Waals surface area (Å²) < 4.78 is 0. The summed E-state index contributed by atoms with van der Waals surface area (Å²) in [6, 6.07) is 0.872. The third-order valence-electron chi connectivity index (χ3n) is 3.55. The molecule has 0 radical (unpaired) electrons. The van der Waals surface area contributed by atoms with Gasteiger partial charge >= 0.3 is 0 Å². The van der Waals surface area contributed by atoms with Gasteiger partial charge in [0.1, 0.15) is 0 Å². The molecule has 0 bridgehead atoms. The van der Waals surface area contributed by atoms with Gasteiger partial charge in [0.05, 0.1) is 0 Å². The lowest BCUT2D eigenvalue weighted by Crippen LogP contribution is -2.42. The van der Waals surface area contributed by atoms with Crippen LogP contribution in [0.15, 0.2) is 0 Å². The highest BCUT2D eigenvalue weighted by Crippen LogP contribution is 2.30. The van der Waals surface area contributed by atoms with E-state index in [1.54, 1.807) is 0 Å².